The summed E-state index contributed by atoms with van der Waals surface area (Å²) < 4.78 is 5.51. The molecule has 1 saturated heterocycles. The van der Waals surface area contributed by atoms with Crippen LogP contribution in [0.25, 0.3) is 0 Å². The highest BCUT2D eigenvalue weighted by atomic mass is 16.6. The number of benzene rings is 1. The second-order valence-electron chi connectivity index (χ2n) is 5.43. The Bertz CT molecular complexity index is 527. The van der Waals surface area contributed by atoms with Crippen molar-refractivity contribution in [3.8, 4) is 0 Å². The van der Waals surface area contributed by atoms with Crippen LogP contribution in [0.2, 0.25) is 0 Å². The van der Waals surface area contributed by atoms with Gasteiger partial charge in [0.1, 0.15) is 6.10 Å². The summed E-state index contributed by atoms with van der Waals surface area (Å²) in [6.45, 7) is 0. The average Bonchev–Trinajstić information content (AvgIpc) is 2.85. The fourth-order valence-corrected chi connectivity index (χ4v) is 3.37. The van der Waals surface area contributed by atoms with Gasteiger partial charge in [-0.25, -0.2) is 0 Å². The molecule has 1 aromatic carbocycles. The van der Waals surface area contributed by atoms with Gasteiger partial charge in [0.15, 0.2) is 0 Å². The molecule has 3 N–H and O–H groups in total. The van der Waals surface area contributed by atoms with Crippen LogP contribution in [0, 0.1) is 11.3 Å². The van der Waals surface area contributed by atoms with Crippen molar-refractivity contribution in [2.45, 2.75) is 37.7 Å². The lowest BCUT2D eigenvalue weighted by Gasteiger charge is -2.15. The molecule has 0 amide bonds. The monoisotopic (exact) mass is 258 g/mol. The lowest BCUT2D eigenvalue weighted by atomic mass is 9.85. The van der Waals surface area contributed by atoms with E-state index in [0.717, 1.165) is 19.3 Å². The lowest BCUT2D eigenvalue weighted by Crippen LogP contribution is -2.16. The number of carbonyl (C=O) groups excluding carboxylic acids is 1. The van der Waals surface area contributed by atoms with Crippen molar-refractivity contribution >= 4 is 11.8 Å². The van der Waals surface area contributed by atoms with E-state index in [1.165, 1.54) is 11.1 Å². The molecule has 3 rings (SSSR count). The summed E-state index contributed by atoms with van der Waals surface area (Å²) in [4.78, 5) is 12.0. The minimum absolute atomic E-state index is 0.0206. The summed E-state index contributed by atoms with van der Waals surface area (Å²) >= 11 is 0. The highest BCUT2D eigenvalue weighted by Gasteiger charge is 2.48. The van der Waals surface area contributed by atoms with Gasteiger partial charge in [-0.3, -0.25) is 10.2 Å². The van der Waals surface area contributed by atoms with E-state index in [2.05, 4.69) is 12.1 Å². The SMILES string of the molecule is N=C(N)CCC[C@H]1C(=O)O[C@H]2Cc3ccccc3[C@@H]21. The molecular weight excluding hydrogens is 240 g/mol. The van der Waals surface area contributed by atoms with Crippen molar-refractivity contribution < 1.29 is 9.53 Å². The normalized spacial score (nSPS) is 27.8. The molecule has 1 aliphatic carbocycles. The van der Waals surface area contributed by atoms with E-state index < -0.39 is 0 Å². The van der Waals surface area contributed by atoms with Gasteiger partial charge >= 0.3 is 5.97 Å². The van der Waals surface area contributed by atoms with Crippen LogP contribution in [0.3, 0.4) is 0 Å². The van der Waals surface area contributed by atoms with Gasteiger partial charge in [0.2, 0.25) is 0 Å². The number of hydrogen-bond acceptors (Lipinski definition) is 3. The number of rotatable bonds is 4. The second kappa shape index (κ2) is 4.68. The van der Waals surface area contributed by atoms with E-state index in [4.69, 9.17) is 15.9 Å². The zero-order valence-corrected chi connectivity index (χ0v) is 10.8. The largest absolute Gasteiger partial charge is 0.461 e. The molecule has 19 heavy (non-hydrogen) atoms. The van der Waals surface area contributed by atoms with Crippen LogP contribution in [0.4, 0.5) is 0 Å². The molecule has 0 aromatic heterocycles. The van der Waals surface area contributed by atoms with Crippen molar-refractivity contribution in [2.75, 3.05) is 0 Å². The maximum Gasteiger partial charge on any atom is 0.310 e. The molecule has 0 spiro atoms. The van der Waals surface area contributed by atoms with E-state index in [0.29, 0.717) is 6.42 Å². The predicted octanol–water partition coefficient (Wildman–Crippen LogP) is 1.97. The summed E-state index contributed by atoms with van der Waals surface area (Å²) in [6.07, 6.45) is 2.96. The predicted molar refractivity (Wildman–Crippen MR) is 72.0 cm³/mol. The number of fused-ring (bicyclic) bond motifs is 3. The van der Waals surface area contributed by atoms with E-state index >= 15 is 0 Å². The quantitative estimate of drug-likeness (QED) is 0.492. The third kappa shape index (κ3) is 2.11. The summed E-state index contributed by atoms with van der Waals surface area (Å²) in [5, 5.41) is 7.24. The van der Waals surface area contributed by atoms with Crippen LogP contribution < -0.4 is 5.73 Å². The first-order chi connectivity index (χ1) is 9.16. The van der Waals surface area contributed by atoms with E-state index in [-0.39, 0.29) is 29.7 Å². The highest BCUT2D eigenvalue weighted by Crippen LogP contribution is 2.46. The van der Waals surface area contributed by atoms with E-state index in [1.807, 2.05) is 12.1 Å². The molecule has 4 nitrogen and oxygen atoms in total. The molecular formula is C15H18N2O2. The first-order valence-corrected chi connectivity index (χ1v) is 6.78. The minimum Gasteiger partial charge on any atom is -0.461 e. The van der Waals surface area contributed by atoms with Gasteiger partial charge in [-0.05, 0) is 24.0 Å². The summed E-state index contributed by atoms with van der Waals surface area (Å²) in [6, 6.07) is 8.29. The first kappa shape index (κ1) is 12.2. The van der Waals surface area contributed by atoms with Crippen molar-refractivity contribution in [3.05, 3.63) is 35.4 Å². The average molecular weight is 258 g/mol. The maximum atomic E-state index is 12.0. The third-order valence-electron chi connectivity index (χ3n) is 4.20. The molecule has 0 saturated carbocycles. The van der Waals surface area contributed by atoms with Crippen LogP contribution >= 0.6 is 0 Å². The number of ether oxygens (including phenoxy) is 1. The lowest BCUT2D eigenvalue weighted by molar-refractivity contribution is -0.144. The molecule has 0 unspecified atom stereocenters. The Hall–Kier alpha value is -1.84. The summed E-state index contributed by atoms with van der Waals surface area (Å²) in [7, 11) is 0. The number of hydrogen-bond donors (Lipinski definition) is 2. The molecule has 1 fully saturated rings. The van der Waals surface area contributed by atoms with E-state index in [1.54, 1.807) is 0 Å². The molecule has 1 aromatic rings. The third-order valence-corrected chi connectivity index (χ3v) is 4.20. The number of nitrogens with two attached hydrogens (primary N) is 1. The van der Waals surface area contributed by atoms with Crippen LogP contribution in [-0.4, -0.2) is 17.9 Å². The van der Waals surface area contributed by atoms with Crippen LogP contribution in [0.1, 0.15) is 36.3 Å². The standard InChI is InChI=1S/C15H18N2O2/c16-13(17)7-3-6-11-14-10-5-2-1-4-9(10)8-12(14)19-15(11)18/h1-2,4-5,11-12,14H,3,6-8H2,(H3,16,17)/t11-,12+,14-/m1/s1. The maximum absolute atomic E-state index is 12.0. The number of nitrogens with one attached hydrogen (secondary N) is 1. The zero-order valence-electron chi connectivity index (χ0n) is 10.8. The molecule has 3 atom stereocenters. The Morgan fingerprint density at radius 2 is 2.21 bits per heavy atom. The molecule has 0 radical (unpaired) electrons. The highest BCUT2D eigenvalue weighted by molar-refractivity contribution is 5.78. The molecule has 1 heterocycles. The molecule has 1 aliphatic heterocycles. The van der Waals surface area contributed by atoms with Crippen molar-refractivity contribution in [2.24, 2.45) is 11.7 Å². The number of carbonyl (C=O) groups is 1. The van der Waals surface area contributed by atoms with Gasteiger partial charge in [-0.1, -0.05) is 24.3 Å². The summed E-state index contributed by atoms with van der Waals surface area (Å²) in [5.41, 5.74) is 7.94. The van der Waals surface area contributed by atoms with Crippen molar-refractivity contribution in [3.63, 3.8) is 0 Å². The Kier molecular flexibility index (Phi) is 3.01. The molecule has 4 heteroatoms. The van der Waals surface area contributed by atoms with Gasteiger partial charge in [0.05, 0.1) is 11.8 Å². The molecule has 2 aliphatic rings. The minimum atomic E-state index is -0.0759. The fourth-order valence-electron chi connectivity index (χ4n) is 3.37. The van der Waals surface area contributed by atoms with Crippen LogP contribution in [0.5, 0.6) is 0 Å². The van der Waals surface area contributed by atoms with Gasteiger partial charge in [0.25, 0.3) is 0 Å². The van der Waals surface area contributed by atoms with Crippen molar-refractivity contribution in [1.29, 1.82) is 5.41 Å². The van der Waals surface area contributed by atoms with Crippen LogP contribution in [0.15, 0.2) is 24.3 Å². The first-order valence-electron chi connectivity index (χ1n) is 6.78. The Morgan fingerprint density at radius 3 is 3.00 bits per heavy atom. The molecule has 100 valence electrons. The fraction of sp³-hybridized carbons (Fsp3) is 0.467. The Labute approximate surface area is 112 Å². The molecule has 0 bridgehead atoms. The smallest absolute Gasteiger partial charge is 0.310 e. The van der Waals surface area contributed by atoms with Gasteiger partial charge < -0.3 is 10.5 Å². The number of esters is 1. The van der Waals surface area contributed by atoms with Gasteiger partial charge in [-0.2, -0.15) is 0 Å². The summed E-state index contributed by atoms with van der Waals surface area (Å²) in [5.74, 6) is 0.256. The van der Waals surface area contributed by atoms with Crippen molar-refractivity contribution in [1.82, 2.24) is 0 Å². The Balaban J connectivity index is 1.77. The van der Waals surface area contributed by atoms with E-state index in [9.17, 15) is 4.79 Å². The number of amidine groups is 1. The Morgan fingerprint density at radius 1 is 1.42 bits per heavy atom. The zero-order chi connectivity index (χ0) is 13.4. The second-order valence-corrected chi connectivity index (χ2v) is 5.43. The van der Waals surface area contributed by atoms with Gasteiger partial charge in [0, 0.05) is 18.8 Å². The topological polar surface area (TPSA) is 76.2 Å². The van der Waals surface area contributed by atoms with Crippen LogP contribution in [-0.2, 0) is 16.0 Å². The van der Waals surface area contributed by atoms with Gasteiger partial charge in [-0.15, -0.1) is 0 Å².